The number of aliphatic hydroxyl groups excluding tert-OH is 3. The molecule has 0 aromatic heterocycles. The molecule has 3 N–H and O–H groups in total. The van der Waals surface area contributed by atoms with Gasteiger partial charge in [0.05, 0.1) is 18.3 Å². The maximum Gasteiger partial charge on any atom is 0.155 e. The van der Waals surface area contributed by atoms with Crippen LogP contribution in [-0.4, -0.2) is 45.2 Å². The van der Waals surface area contributed by atoms with E-state index >= 15 is 0 Å². The third-order valence-electron chi connectivity index (χ3n) is 25.3. The van der Waals surface area contributed by atoms with E-state index in [0.717, 1.165) is 80.5 Å². The molecule has 436 valence electrons. The van der Waals surface area contributed by atoms with E-state index in [0.29, 0.717) is 49.5 Å². The predicted molar refractivity (Wildman–Crippen MR) is 326 cm³/mol. The molecule has 0 aliphatic heterocycles. The number of hydrogen-bond acceptors (Lipinski definition) is 5. The van der Waals surface area contributed by atoms with Crippen molar-refractivity contribution in [3.63, 3.8) is 0 Å². The molecule has 0 bridgehead atoms. The highest BCUT2D eigenvalue weighted by molar-refractivity contribution is 5.92. The Labute approximate surface area is 477 Å². The number of hydrogen-bond donors (Lipinski definition) is 3. The third-order valence-corrected chi connectivity index (χ3v) is 25.3. The fraction of sp³-hybridized carbons (Fsp3) is 0.781. The Morgan fingerprint density at radius 1 is 0.372 bits per heavy atom. The summed E-state index contributed by atoms with van der Waals surface area (Å²) in [7, 11) is 0. The standard InChI is InChI=1S/C19H28O.C19H26O.2C11H18O.C11H16O.2CH4/c2*1-18-9-3-4-16(18)15-6-5-13-12-14(20)7-11-19(13,2)17(15)8-10-18;3*1-11-6-3-2-4-9(11)8-10(12)5-7-11;;/h3,9,12,14-17,20H,4-8,10-11H2,1-2H3;3,9,12,15-17H,4-8,10-11H2,1-2H3;2*8,10,12H,2-7H2,1H3;8H,2-7H2,1H3;2*1H4/t14-,15?,16?,17?,18-,19-;15?,16?,17?,18-,19-;2*10-,11-;11-;;/m00000../s1. The number of carbonyl (C=O) groups is 2. The number of fused-ring (bicyclic) bond motifs is 13. The average molecular weight is 1070 g/mol. The normalized spacial score (nSPS) is 45.1. The summed E-state index contributed by atoms with van der Waals surface area (Å²) in [4.78, 5) is 23.0. The first-order valence-corrected chi connectivity index (χ1v) is 32.2. The van der Waals surface area contributed by atoms with Crippen molar-refractivity contribution in [2.45, 2.75) is 287 Å². The molecule has 7 fully saturated rings. The molecule has 16 atom stereocenters. The number of rotatable bonds is 0. The number of ketones is 2. The van der Waals surface area contributed by atoms with Gasteiger partial charge in [0.15, 0.2) is 11.6 Å². The van der Waals surface area contributed by atoms with Crippen LogP contribution in [0.25, 0.3) is 0 Å². The Morgan fingerprint density at radius 3 is 1.27 bits per heavy atom. The van der Waals surface area contributed by atoms with Gasteiger partial charge in [0.25, 0.3) is 0 Å². The maximum atomic E-state index is 11.8. The van der Waals surface area contributed by atoms with Crippen molar-refractivity contribution in [2.24, 2.45) is 73.4 Å². The third kappa shape index (κ3) is 12.2. The van der Waals surface area contributed by atoms with Gasteiger partial charge in [-0.05, 0) is 259 Å². The summed E-state index contributed by atoms with van der Waals surface area (Å²) in [5.74, 6) is 5.99. The first-order chi connectivity index (χ1) is 36.2. The molecular formula is C73H114O5. The Morgan fingerprint density at radius 2 is 0.769 bits per heavy atom. The lowest BCUT2D eigenvalue weighted by Gasteiger charge is -2.57. The van der Waals surface area contributed by atoms with E-state index in [1.165, 1.54) is 183 Å². The smallest absolute Gasteiger partial charge is 0.155 e. The lowest BCUT2D eigenvalue weighted by atomic mass is 9.47. The van der Waals surface area contributed by atoms with Crippen LogP contribution < -0.4 is 0 Å². The lowest BCUT2D eigenvalue weighted by Crippen LogP contribution is -2.49. The lowest BCUT2D eigenvalue weighted by molar-refractivity contribution is -0.117. The Kier molecular flexibility index (Phi) is 19.2. The minimum Gasteiger partial charge on any atom is -0.389 e. The first kappa shape index (κ1) is 61.5. The molecule has 0 aromatic rings. The van der Waals surface area contributed by atoms with Gasteiger partial charge in [-0.25, -0.2) is 0 Å². The second-order valence-electron chi connectivity index (χ2n) is 30.0. The van der Waals surface area contributed by atoms with E-state index < -0.39 is 0 Å². The van der Waals surface area contributed by atoms with Gasteiger partial charge in [-0.3, -0.25) is 9.59 Å². The fourth-order valence-electron chi connectivity index (χ4n) is 20.0. The van der Waals surface area contributed by atoms with E-state index in [1.807, 2.05) is 12.2 Å². The zero-order valence-corrected chi connectivity index (χ0v) is 49.2. The predicted octanol–water partition coefficient (Wildman–Crippen LogP) is 18.6. The van der Waals surface area contributed by atoms with Crippen LogP contribution >= 0.6 is 0 Å². The molecule has 7 saturated carbocycles. The second-order valence-corrected chi connectivity index (χ2v) is 30.0. The van der Waals surface area contributed by atoms with Crippen molar-refractivity contribution in [1.82, 2.24) is 0 Å². The molecule has 78 heavy (non-hydrogen) atoms. The molecule has 0 radical (unpaired) electrons. The van der Waals surface area contributed by atoms with Gasteiger partial charge in [0, 0.05) is 12.8 Å². The van der Waals surface area contributed by atoms with Crippen LogP contribution in [0.4, 0.5) is 0 Å². The van der Waals surface area contributed by atoms with Gasteiger partial charge in [-0.2, -0.15) is 0 Å². The topological polar surface area (TPSA) is 94.8 Å². The molecule has 0 spiro atoms. The molecule has 14 aliphatic rings. The van der Waals surface area contributed by atoms with Crippen LogP contribution in [0.5, 0.6) is 0 Å². The summed E-state index contributed by atoms with van der Waals surface area (Å²) in [6, 6.07) is 0. The van der Waals surface area contributed by atoms with E-state index in [-0.39, 0.29) is 33.2 Å². The summed E-state index contributed by atoms with van der Waals surface area (Å²) in [6.45, 7) is 17.0. The quantitative estimate of drug-likeness (QED) is 0.210. The fourth-order valence-corrected chi connectivity index (χ4v) is 20.0. The van der Waals surface area contributed by atoms with Crippen molar-refractivity contribution in [1.29, 1.82) is 0 Å². The van der Waals surface area contributed by atoms with Gasteiger partial charge in [-0.1, -0.05) is 153 Å². The molecule has 0 aromatic carbocycles. The number of aliphatic hydroxyl groups is 3. The molecule has 5 nitrogen and oxygen atoms in total. The highest BCUT2D eigenvalue weighted by Gasteiger charge is 2.57. The first-order valence-electron chi connectivity index (χ1n) is 32.2. The highest BCUT2D eigenvalue weighted by Crippen LogP contribution is 2.66. The van der Waals surface area contributed by atoms with Gasteiger partial charge in [-0.15, -0.1) is 0 Å². The summed E-state index contributed by atoms with van der Waals surface area (Å²) >= 11 is 0. The van der Waals surface area contributed by atoms with Crippen molar-refractivity contribution >= 4 is 11.6 Å². The van der Waals surface area contributed by atoms with E-state index in [1.54, 1.807) is 5.57 Å². The van der Waals surface area contributed by atoms with E-state index in [9.17, 15) is 24.9 Å². The van der Waals surface area contributed by atoms with Gasteiger partial charge >= 0.3 is 0 Å². The average Bonchev–Trinajstić information content (AvgIpc) is 4.13. The SMILES string of the molecule is C.C.C[C@@]12C=CCC1C1CCC3=CC(=O)CC[C@]3(C)C1CC2.C[C@@]12C=CCC1C1CCC3=C[C@@H](O)CC[C@]3(C)C1CC2.C[C@@]12CCCCC1=CC(=O)CC2.C[C@@]12CCCCC1=C[C@@H](O)CC2.C[C@@]12CCCCC1=C[C@@H](O)CC2. The molecule has 0 amide bonds. The molecule has 5 heteroatoms. The van der Waals surface area contributed by atoms with Crippen LogP contribution in [-0.2, 0) is 9.59 Å². The molecule has 14 aliphatic carbocycles. The minimum atomic E-state index is -0.170. The van der Waals surface area contributed by atoms with Crippen molar-refractivity contribution in [3.05, 3.63) is 82.5 Å². The van der Waals surface area contributed by atoms with Crippen LogP contribution in [0, 0.1) is 73.4 Å². The summed E-state index contributed by atoms with van der Waals surface area (Å²) in [5.41, 5.74) is 10.6. The molecule has 0 heterocycles. The second kappa shape index (κ2) is 24.3. The molecule has 14 rings (SSSR count). The van der Waals surface area contributed by atoms with Crippen LogP contribution in [0.2, 0.25) is 0 Å². The zero-order chi connectivity index (χ0) is 53.7. The Bertz CT molecular complexity index is 2330. The van der Waals surface area contributed by atoms with Crippen LogP contribution in [0.15, 0.2) is 82.5 Å². The zero-order valence-electron chi connectivity index (χ0n) is 49.2. The number of carbonyl (C=O) groups excluding carboxylic acids is 2. The number of allylic oxidation sites excluding steroid dienone is 11. The van der Waals surface area contributed by atoms with Crippen molar-refractivity contribution in [2.75, 3.05) is 0 Å². The van der Waals surface area contributed by atoms with Gasteiger partial charge < -0.3 is 15.3 Å². The summed E-state index contributed by atoms with van der Waals surface area (Å²) in [5, 5.41) is 28.9. The maximum absolute atomic E-state index is 11.8. The van der Waals surface area contributed by atoms with Crippen molar-refractivity contribution < 1.29 is 24.9 Å². The monoisotopic (exact) mass is 1070 g/mol. The van der Waals surface area contributed by atoms with Crippen LogP contribution in [0.1, 0.15) is 269 Å². The molecule has 6 unspecified atom stereocenters. The summed E-state index contributed by atoms with van der Waals surface area (Å²) < 4.78 is 0. The molecular weight excluding hydrogens is 957 g/mol. The van der Waals surface area contributed by atoms with E-state index in [4.69, 9.17) is 0 Å². The van der Waals surface area contributed by atoms with Gasteiger partial charge in [0.1, 0.15) is 0 Å². The minimum absolute atomic E-state index is 0. The summed E-state index contributed by atoms with van der Waals surface area (Å²) in [6.07, 6.45) is 58.9. The Balaban J connectivity index is 0.000000131. The highest BCUT2D eigenvalue weighted by atomic mass is 16.3. The molecule has 0 saturated heterocycles. The van der Waals surface area contributed by atoms with Crippen LogP contribution in [0.3, 0.4) is 0 Å². The van der Waals surface area contributed by atoms with Crippen molar-refractivity contribution in [3.8, 4) is 0 Å². The van der Waals surface area contributed by atoms with E-state index in [2.05, 4.69) is 91.0 Å². The Hall–Kier alpha value is -2.60. The van der Waals surface area contributed by atoms with Gasteiger partial charge in [0.2, 0.25) is 0 Å². The largest absolute Gasteiger partial charge is 0.389 e.